The maximum absolute atomic E-state index is 4.40. The Morgan fingerprint density at radius 1 is 1.40 bits per heavy atom. The van der Waals surface area contributed by atoms with E-state index in [4.69, 9.17) is 0 Å². The van der Waals surface area contributed by atoms with Gasteiger partial charge in [0.05, 0.1) is 0 Å². The smallest absolute Gasteiger partial charge is 0.212 e. The van der Waals surface area contributed by atoms with Crippen molar-refractivity contribution in [3.63, 3.8) is 0 Å². The molecule has 0 saturated heterocycles. The van der Waals surface area contributed by atoms with Crippen LogP contribution in [0.3, 0.4) is 0 Å². The maximum atomic E-state index is 4.40. The Morgan fingerprint density at radius 2 is 2.27 bits per heavy atom. The molecule has 0 amide bonds. The molecule has 78 valence electrons. The van der Waals surface area contributed by atoms with E-state index >= 15 is 0 Å². The second-order valence-electron chi connectivity index (χ2n) is 4.15. The zero-order valence-corrected chi connectivity index (χ0v) is 10.5. The van der Waals surface area contributed by atoms with Crippen LogP contribution in [0.4, 0.5) is 0 Å². The first kappa shape index (κ1) is 9.57. The van der Waals surface area contributed by atoms with Crippen molar-refractivity contribution < 1.29 is 0 Å². The number of rotatable bonds is 3. The number of hydrogen-bond donors (Lipinski definition) is 0. The minimum Gasteiger partial charge on any atom is -0.217 e. The quantitative estimate of drug-likeness (QED) is 0.816. The predicted molar refractivity (Wildman–Crippen MR) is 66.7 cm³/mol. The number of fused-ring (bicyclic) bond motifs is 1. The zero-order valence-electron chi connectivity index (χ0n) is 8.36. The summed E-state index contributed by atoms with van der Waals surface area (Å²) in [6.45, 7) is 0. The summed E-state index contributed by atoms with van der Waals surface area (Å²) in [5.74, 6) is 0.975. The average Bonchev–Trinajstić information content (AvgIpc) is 2.96. The Bertz CT molecular complexity index is 488. The third-order valence-electron chi connectivity index (χ3n) is 2.92. The Labute approximate surface area is 102 Å². The third kappa shape index (κ3) is 2.00. The van der Waals surface area contributed by atoms with Gasteiger partial charge in [-0.15, -0.1) is 5.10 Å². The SMILES string of the molecule is Ic1nc2cccc(CCC3CC3)n2n1. The fourth-order valence-electron chi connectivity index (χ4n) is 1.88. The van der Waals surface area contributed by atoms with Crippen LogP contribution in [-0.4, -0.2) is 14.6 Å². The summed E-state index contributed by atoms with van der Waals surface area (Å²) in [5, 5.41) is 4.40. The first-order valence-electron chi connectivity index (χ1n) is 5.33. The molecule has 2 aromatic rings. The highest BCUT2D eigenvalue weighted by Gasteiger charge is 2.21. The van der Waals surface area contributed by atoms with Crippen molar-refractivity contribution in [2.24, 2.45) is 5.92 Å². The molecule has 1 aliphatic carbocycles. The van der Waals surface area contributed by atoms with E-state index in [1.54, 1.807) is 0 Å². The second kappa shape index (κ2) is 3.73. The Hall–Kier alpha value is -0.650. The molecule has 0 spiro atoms. The number of halogens is 1. The minimum atomic E-state index is 0.825. The van der Waals surface area contributed by atoms with Gasteiger partial charge in [0, 0.05) is 28.3 Å². The van der Waals surface area contributed by atoms with Crippen LogP contribution in [0.5, 0.6) is 0 Å². The third-order valence-corrected chi connectivity index (χ3v) is 3.37. The highest BCUT2D eigenvalue weighted by molar-refractivity contribution is 14.1. The first-order valence-corrected chi connectivity index (χ1v) is 6.41. The van der Waals surface area contributed by atoms with Crippen LogP contribution in [0.25, 0.3) is 5.65 Å². The maximum Gasteiger partial charge on any atom is 0.212 e. The second-order valence-corrected chi connectivity index (χ2v) is 5.11. The number of aryl methyl sites for hydroxylation is 1. The van der Waals surface area contributed by atoms with Crippen molar-refractivity contribution in [1.82, 2.24) is 14.6 Å². The van der Waals surface area contributed by atoms with E-state index < -0.39 is 0 Å². The largest absolute Gasteiger partial charge is 0.217 e. The molecule has 0 aromatic carbocycles. The van der Waals surface area contributed by atoms with E-state index in [0.29, 0.717) is 0 Å². The average molecular weight is 313 g/mol. The molecule has 1 fully saturated rings. The fraction of sp³-hybridized carbons (Fsp3) is 0.455. The van der Waals surface area contributed by atoms with Crippen LogP contribution in [0.1, 0.15) is 25.0 Å². The van der Waals surface area contributed by atoms with Crippen LogP contribution in [0.2, 0.25) is 0 Å². The van der Waals surface area contributed by atoms with E-state index in [2.05, 4.69) is 44.8 Å². The molecule has 2 aromatic heterocycles. The van der Waals surface area contributed by atoms with Crippen molar-refractivity contribution in [3.8, 4) is 0 Å². The van der Waals surface area contributed by atoms with Crippen LogP contribution in [-0.2, 0) is 6.42 Å². The Balaban J connectivity index is 1.93. The summed E-state index contributed by atoms with van der Waals surface area (Å²) in [6, 6.07) is 6.23. The van der Waals surface area contributed by atoms with Crippen LogP contribution < -0.4 is 0 Å². The molecular weight excluding hydrogens is 301 g/mol. The summed E-state index contributed by atoms with van der Waals surface area (Å²) in [6.07, 6.45) is 5.27. The molecular formula is C11H12IN3. The lowest BCUT2D eigenvalue weighted by atomic mass is 10.1. The topological polar surface area (TPSA) is 30.2 Å². The van der Waals surface area contributed by atoms with Crippen molar-refractivity contribution in [2.75, 3.05) is 0 Å². The fourth-order valence-corrected chi connectivity index (χ4v) is 2.34. The van der Waals surface area contributed by atoms with Crippen molar-refractivity contribution in [2.45, 2.75) is 25.7 Å². The molecule has 4 heteroatoms. The molecule has 3 rings (SSSR count). The Morgan fingerprint density at radius 3 is 3.07 bits per heavy atom. The number of aromatic nitrogens is 3. The van der Waals surface area contributed by atoms with Gasteiger partial charge in [0.1, 0.15) is 0 Å². The number of hydrogen-bond acceptors (Lipinski definition) is 2. The summed E-state index contributed by atoms with van der Waals surface area (Å²) in [4.78, 5) is 4.36. The normalized spacial score (nSPS) is 16.1. The van der Waals surface area contributed by atoms with Crippen LogP contribution in [0, 0.1) is 9.75 Å². The van der Waals surface area contributed by atoms with Gasteiger partial charge >= 0.3 is 0 Å². The van der Waals surface area contributed by atoms with Gasteiger partial charge in [0.25, 0.3) is 0 Å². The van der Waals surface area contributed by atoms with Crippen LogP contribution >= 0.6 is 22.6 Å². The van der Waals surface area contributed by atoms with Gasteiger partial charge < -0.3 is 0 Å². The standard InChI is InChI=1S/C11H12IN3/c12-11-13-10-3-1-2-9(15(10)14-11)7-6-8-4-5-8/h1-3,8H,4-7H2. The van der Waals surface area contributed by atoms with E-state index in [1.807, 2.05) is 10.6 Å². The number of nitrogens with zero attached hydrogens (tertiary/aromatic N) is 3. The van der Waals surface area contributed by atoms with Crippen LogP contribution in [0.15, 0.2) is 18.2 Å². The van der Waals surface area contributed by atoms with Gasteiger partial charge in [-0.1, -0.05) is 18.9 Å². The minimum absolute atomic E-state index is 0.825. The van der Waals surface area contributed by atoms with Gasteiger partial charge in [-0.25, -0.2) is 9.50 Å². The van der Waals surface area contributed by atoms with E-state index in [-0.39, 0.29) is 0 Å². The molecule has 0 bridgehead atoms. The van der Waals surface area contributed by atoms with Gasteiger partial charge in [0.15, 0.2) is 5.65 Å². The predicted octanol–water partition coefficient (Wildman–Crippen LogP) is 2.68. The molecule has 0 unspecified atom stereocenters. The van der Waals surface area contributed by atoms with E-state index in [1.165, 1.54) is 25.0 Å². The highest BCUT2D eigenvalue weighted by atomic mass is 127. The van der Waals surface area contributed by atoms with E-state index in [9.17, 15) is 0 Å². The lowest BCUT2D eigenvalue weighted by Crippen LogP contribution is -1.99. The van der Waals surface area contributed by atoms with Gasteiger partial charge in [0.2, 0.25) is 3.83 Å². The first-order chi connectivity index (χ1) is 7.33. The number of pyridine rings is 1. The van der Waals surface area contributed by atoms with Gasteiger partial charge in [-0.3, -0.25) is 0 Å². The molecule has 15 heavy (non-hydrogen) atoms. The zero-order chi connectivity index (χ0) is 10.3. The molecule has 1 saturated carbocycles. The lowest BCUT2D eigenvalue weighted by Gasteiger charge is -2.02. The molecule has 3 nitrogen and oxygen atoms in total. The molecule has 0 atom stereocenters. The highest BCUT2D eigenvalue weighted by Crippen LogP contribution is 2.33. The summed E-state index contributed by atoms with van der Waals surface area (Å²) < 4.78 is 2.80. The molecule has 1 aliphatic rings. The summed E-state index contributed by atoms with van der Waals surface area (Å²) >= 11 is 2.16. The summed E-state index contributed by atoms with van der Waals surface area (Å²) in [5.41, 5.74) is 2.25. The Kier molecular flexibility index (Phi) is 2.38. The summed E-state index contributed by atoms with van der Waals surface area (Å²) in [7, 11) is 0. The van der Waals surface area contributed by atoms with E-state index in [0.717, 1.165) is 21.8 Å². The van der Waals surface area contributed by atoms with Crippen molar-refractivity contribution in [1.29, 1.82) is 0 Å². The van der Waals surface area contributed by atoms with Gasteiger partial charge in [-0.05, 0) is 30.9 Å². The molecule has 2 heterocycles. The molecule has 0 N–H and O–H groups in total. The van der Waals surface area contributed by atoms with Gasteiger partial charge in [-0.2, -0.15) is 0 Å². The molecule has 0 aliphatic heterocycles. The molecule has 0 radical (unpaired) electrons. The monoisotopic (exact) mass is 313 g/mol. The van der Waals surface area contributed by atoms with Crippen molar-refractivity contribution in [3.05, 3.63) is 27.7 Å². The lowest BCUT2D eigenvalue weighted by molar-refractivity contribution is 0.693. The van der Waals surface area contributed by atoms with Crippen molar-refractivity contribution >= 4 is 28.2 Å².